The van der Waals surface area contributed by atoms with E-state index >= 15 is 0 Å². The molecular weight excluding hydrogens is 188 g/mol. The van der Waals surface area contributed by atoms with Gasteiger partial charge in [-0.15, -0.1) is 0 Å². The molecule has 0 aliphatic heterocycles. The van der Waals surface area contributed by atoms with Gasteiger partial charge in [0.15, 0.2) is 0 Å². The van der Waals surface area contributed by atoms with E-state index in [0.717, 1.165) is 0 Å². The fourth-order valence-corrected chi connectivity index (χ4v) is 0.582. The van der Waals surface area contributed by atoms with E-state index in [1.807, 2.05) is 0 Å². The summed E-state index contributed by atoms with van der Waals surface area (Å²) in [6.07, 6.45) is 0. The van der Waals surface area contributed by atoms with Crippen LogP contribution in [0.3, 0.4) is 0 Å². The number of hydrogen-bond donors (Lipinski definition) is 0. The number of halogens is 1. The molecule has 5 heteroatoms. The lowest BCUT2D eigenvalue weighted by molar-refractivity contribution is 0.0972. The first kappa shape index (κ1) is 6.41. The van der Waals surface area contributed by atoms with Crippen molar-refractivity contribution in [3.63, 3.8) is 0 Å². The molecule has 1 rings (SSSR count). The first-order valence-electron chi connectivity index (χ1n) is 2.20. The van der Waals surface area contributed by atoms with E-state index in [0.29, 0.717) is 4.73 Å². The number of ketones is 1. The SMILES string of the molecule is CC(=O)c1nc(Br)no1. The molecule has 9 heavy (non-hydrogen) atoms. The van der Waals surface area contributed by atoms with Crippen molar-refractivity contribution in [1.82, 2.24) is 10.1 Å². The van der Waals surface area contributed by atoms with Crippen LogP contribution in [0.4, 0.5) is 0 Å². The van der Waals surface area contributed by atoms with Crippen molar-refractivity contribution in [2.24, 2.45) is 0 Å². The van der Waals surface area contributed by atoms with E-state index in [1.165, 1.54) is 6.92 Å². The Hall–Kier alpha value is -0.710. The first-order valence-corrected chi connectivity index (χ1v) is 2.99. The normalized spacial score (nSPS) is 9.56. The molecule has 0 atom stereocenters. The standard InChI is InChI=1S/C4H3BrN2O2/c1-2(8)3-6-4(5)7-9-3/h1H3. The van der Waals surface area contributed by atoms with Crippen LogP contribution in [0.2, 0.25) is 0 Å². The van der Waals surface area contributed by atoms with Crippen LogP contribution >= 0.6 is 15.9 Å². The summed E-state index contributed by atoms with van der Waals surface area (Å²) in [6.45, 7) is 1.36. The largest absolute Gasteiger partial charge is 0.330 e. The van der Waals surface area contributed by atoms with Gasteiger partial charge >= 0.3 is 0 Å². The molecule has 0 bridgehead atoms. The van der Waals surface area contributed by atoms with Gasteiger partial charge in [0.25, 0.3) is 5.89 Å². The third-order valence-corrected chi connectivity index (χ3v) is 1.02. The van der Waals surface area contributed by atoms with Crippen molar-refractivity contribution in [2.45, 2.75) is 6.92 Å². The van der Waals surface area contributed by atoms with E-state index in [4.69, 9.17) is 0 Å². The van der Waals surface area contributed by atoms with Gasteiger partial charge in [0.1, 0.15) is 0 Å². The van der Waals surface area contributed by atoms with Crippen LogP contribution in [-0.2, 0) is 0 Å². The Balaban J connectivity index is 2.98. The van der Waals surface area contributed by atoms with Crippen LogP contribution in [0.15, 0.2) is 9.26 Å². The molecule has 0 aliphatic rings. The number of Topliss-reactive ketones (excluding diaryl/α,β-unsaturated/α-hetero) is 1. The lowest BCUT2D eigenvalue weighted by Gasteiger charge is -1.75. The quantitative estimate of drug-likeness (QED) is 0.622. The summed E-state index contributed by atoms with van der Waals surface area (Å²) in [5.74, 6) is -0.199. The van der Waals surface area contributed by atoms with Crippen LogP contribution in [0.25, 0.3) is 0 Å². The highest BCUT2D eigenvalue weighted by molar-refractivity contribution is 9.10. The fourth-order valence-electron chi connectivity index (χ4n) is 0.349. The van der Waals surface area contributed by atoms with E-state index < -0.39 is 0 Å². The van der Waals surface area contributed by atoms with Gasteiger partial charge in [-0.05, 0) is 21.1 Å². The molecule has 1 heterocycles. The molecule has 0 aliphatic carbocycles. The summed E-state index contributed by atoms with van der Waals surface area (Å²) < 4.78 is 4.77. The minimum atomic E-state index is -0.229. The lowest BCUT2D eigenvalue weighted by atomic mass is 10.5. The monoisotopic (exact) mass is 190 g/mol. The Bertz CT molecular complexity index is 232. The number of aromatic nitrogens is 2. The second kappa shape index (κ2) is 2.26. The summed E-state index contributed by atoms with van der Waals surface area (Å²) in [4.78, 5) is 14.0. The van der Waals surface area contributed by atoms with Gasteiger partial charge in [0, 0.05) is 6.92 Å². The lowest BCUT2D eigenvalue weighted by Crippen LogP contribution is -1.89. The molecule has 0 N–H and O–H groups in total. The van der Waals surface area contributed by atoms with Crippen molar-refractivity contribution in [1.29, 1.82) is 0 Å². The molecule has 1 aromatic rings. The molecule has 0 saturated carbocycles. The maximum atomic E-state index is 10.4. The van der Waals surface area contributed by atoms with Gasteiger partial charge in [-0.2, -0.15) is 4.98 Å². The van der Waals surface area contributed by atoms with Crippen LogP contribution in [-0.4, -0.2) is 15.9 Å². The Morgan fingerprint density at radius 1 is 1.78 bits per heavy atom. The molecule has 0 amide bonds. The molecule has 1 aromatic heterocycles. The summed E-state index contributed by atoms with van der Waals surface area (Å²) in [5, 5.41) is 3.35. The Kier molecular flexibility index (Phi) is 1.61. The molecule has 4 nitrogen and oxygen atoms in total. The topological polar surface area (TPSA) is 56.0 Å². The zero-order valence-electron chi connectivity index (χ0n) is 4.59. The van der Waals surface area contributed by atoms with Gasteiger partial charge in [0.05, 0.1) is 0 Å². The molecular formula is C4H3BrN2O2. The Morgan fingerprint density at radius 2 is 2.44 bits per heavy atom. The van der Waals surface area contributed by atoms with E-state index in [9.17, 15) is 4.79 Å². The third kappa shape index (κ3) is 1.35. The van der Waals surface area contributed by atoms with Crippen LogP contribution < -0.4 is 0 Å². The number of carbonyl (C=O) groups excluding carboxylic acids is 1. The summed E-state index contributed by atoms with van der Waals surface area (Å²) in [7, 11) is 0. The molecule has 0 aromatic carbocycles. The van der Waals surface area contributed by atoms with E-state index in [2.05, 4.69) is 30.6 Å². The number of nitrogens with zero attached hydrogens (tertiary/aromatic N) is 2. The summed E-state index contributed by atoms with van der Waals surface area (Å²) in [5.41, 5.74) is 0. The average Bonchev–Trinajstić information content (AvgIpc) is 2.14. The zero-order valence-corrected chi connectivity index (χ0v) is 6.17. The highest BCUT2D eigenvalue weighted by atomic mass is 79.9. The minimum absolute atomic E-state index is 0.0295. The smallest absolute Gasteiger partial charge is 0.294 e. The van der Waals surface area contributed by atoms with Crippen LogP contribution in [0.1, 0.15) is 17.6 Å². The Morgan fingerprint density at radius 3 is 2.67 bits per heavy atom. The van der Waals surface area contributed by atoms with Crippen molar-refractivity contribution in [2.75, 3.05) is 0 Å². The van der Waals surface area contributed by atoms with Gasteiger partial charge in [-0.3, -0.25) is 4.79 Å². The van der Waals surface area contributed by atoms with Crippen molar-refractivity contribution in [3.05, 3.63) is 10.6 Å². The average molecular weight is 191 g/mol. The van der Waals surface area contributed by atoms with Crippen LogP contribution in [0, 0.1) is 0 Å². The first-order chi connectivity index (χ1) is 4.20. The fraction of sp³-hybridized carbons (Fsp3) is 0.250. The second-order valence-corrected chi connectivity index (χ2v) is 2.13. The summed E-state index contributed by atoms with van der Waals surface area (Å²) >= 11 is 2.93. The van der Waals surface area contributed by atoms with E-state index in [1.54, 1.807) is 0 Å². The third-order valence-electron chi connectivity index (χ3n) is 0.702. The summed E-state index contributed by atoms with van der Waals surface area (Å²) in [6, 6.07) is 0. The maximum absolute atomic E-state index is 10.4. The van der Waals surface area contributed by atoms with Crippen molar-refractivity contribution >= 4 is 21.7 Å². The van der Waals surface area contributed by atoms with Crippen LogP contribution in [0.5, 0.6) is 0 Å². The van der Waals surface area contributed by atoms with Gasteiger partial charge in [0.2, 0.25) is 10.5 Å². The number of rotatable bonds is 1. The van der Waals surface area contributed by atoms with Gasteiger partial charge < -0.3 is 4.52 Å². The second-order valence-electron chi connectivity index (χ2n) is 1.42. The molecule has 48 valence electrons. The predicted molar refractivity (Wildman–Crippen MR) is 32.0 cm³/mol. The molecule has 0 unspecified atom stereocenters. The molecule has 0 radical (unpaired) electrons. The molecule has 0 fully saturated rings. The number of hydrogen-bond acceptors (Lipinski definition) is 4. The zero-order chi connectivity index (χ0) is 6.85. The maximum Gasteiger partial charge on any atom is 0.294 e. The highest BCUT2D eigenvalue weighted by Gasteiger charge is 2.06. The highest BCUT2D eigenvalue weighted by Crippen LogP contribution is 2.03. The van der Waals surface area contributed by atoms with Gasteiger partial charge in [-0.1, -0.05) is 0 Å². The number of carbonyl (C=O) groups is 1. The minimum Gasteiger partial charge on any atom is -0.330 e. The molecule has 0 spiro atoms. The van der Waals surface area contributed by atoms with Crippen molar-refractivity contribution in [3.8, 4) is 0 Å². The predicted octanol–water partition coefficient (Wildman–Crippen LogP) is 1.03. The van der Waals surface area contributed by atoms with Gasteiger partial charge in [-0.25, -0.2) is 0 Å². The van der Waals surface area contributed by atoms with E-state index in [-0.39, 0.29) is 11.7 Å². The molecule has 0 saturated heterocycles. The van der Waals surface area contributed by atoms with Crippen molar-refractivity contribution < 1.29 is 9.32 Å². The Labute approximate surface area is 59.4 Å².